The third-order valence-corrected chi connectivity index (χ3v) is 4.02. The van der Waals surface area contributed by atoms with Crippen molar-refractivity contribution in [3.05, 3.63) is 53.4 Å². The Hall–Kier alpha value is -1.98. The van der Waals surface area contributed by atoms with Gasteiger partial charge >= 0.3 is 0 Å². The highest BCUT2D eigenvalue weighted by Crippen LogP contribution is 2.29. The van der Waals surface area contributed by atoms with E-state index in [0.717, 1.165) is 29.9 Å². The molecule has 22 heavy (non-hydrogen) atoms. The van der Waals surface area contributed by atoms with E-state index in [1.807, 2.05) is 37.3 Å². The van der Waals surface area contributed by atoms with E-state index in [2.05, 4.69) is 15.5 Å². The third-order valence-electron chi connectivity index (χ3n) is 4.02. The van der Waals surface area contributed by atoms with Crippen LogP contribution in [0.2, 0.25) is 0 Å². The lowest BCUT2D eigenvalue weighted by Gasteiger charge is -2.35. The average Bonchev–Trinajstić information content (AvgIpc) is 2.55. The third kappa shape index (κ3) is 3.26. The van der Waals surface area contributed by atoms with E-state index < -0.39 is 5.60 Å². The molecule has 1 saturated heterocycles. The summed E-state index contributed by atoms with van der Waals surface area (Å²) in [5.41, 5.74) is 1.72. The van der Waals surface area contributed by atoms with Gasteiger partial charge in [0.1, 0.15) is 18.0 Å². The molecule has 2 N–H and O–H groups in total. The number of hydrogen-bond donors (Lipinski definition) is 2. The van der Waals surface area contributed by atoms with E-state index >= 15 is 0 Å². The highest BCUT2D eigenvalue weighted by molar-refractivity contribution is 5.44. The molecule has 0 spiro atoms. The van der Waals surface area contributed by atoms with Crippen molar-refractivity contribution < 1.29 is 9.84 Å². The molecule has 5 nitrogen and oxygen atoms in total. The standard InChI is InChI=1S/C17H21N3O2/c1-13-5-2-3-6-15(13)20-19-14-7-10-22-16(11-14)17(21)8-4-9-18-12-17/h2-3,5-7,11,18,21H,4,8-10,12H2,1H3. The molecule has 2 heterocycles. The number of benzene rings is 1. The van der Waals surface area contributed by atoms with Gasteiger partial charge in [0.25, 0.3) is 0 Å². The lowest BCUT2D eigenvalue weighted by molar-refractivity contribution is -0.00382. The van der Waals surface area contributed by atoms with E-state index in [1.165, 1.54) is 0 Å². The quantitative estimate of drug-likeness (QED) is 0.843. The molecule has 0 aliphatic carbocycles. The van der Waals surface area contributed by atoms with Crippen molar-refractivity contribution in [3.63, 3.8) is 0 Å². The maximum atomic E-state index is 10.7. The molecule has 0 saturated carbocycles. The number of piperidine rings is 1. The Kier molecular flexibility index (Phi) is 4.36. The van der Waals surface area contributed by atoms with Crippen LogP contribution in [0.15, 0.2) is 58.1 Å². The van der Waals surface area contributed by atoms with Gasteiger partial charge in [-0.25, -0.2) is 0 Å². The van der Waals surface area contributed by atoms with Gasteiger partial charge in [-0.3, -0.25) is 0 Å². The second kappa shape index (κ2) is 6.42. The van der Waals surface area contributed by atoms with Gasteiger partial charge in [0.15, 0.2) is 0 Å². The predicted molar refractivity (Wildman–Crippen MR) is 84.9 cm³/mol. The van der Waals surface area contributed by atoms with E-state index in [9.17, 15) is 5.11 Å². The van der Waals surface area contributed by atoms with Gasteiger partial charge in [0.05, 0.1) is 11.4 Å². The summed E-state index contributed by atoms with van der Waals surface area (Å²) in [5.74, 6) is 0.584. The number of nitrogens with one attached hydrogen (secondary N) is 1. The van der Waals surface area contributed by atoms with Crippen LogP contribution in [-0.2, 0) is 4.74 Å². The summed E-state index contributed by atoms with van der Waals surface area (Å²) in [6, 6.07) is 7.86. The van der Waals surface area contributed by atoms with Crippen molar-refractivity contribution >= 4 is 5.69 Å². The molecule has 5 heteroatoms. The number of rotatable bonds is 3. The highest BCUT2D eigenvalue weighted by atomic mass is 16.5. The average molecular weight is 299 g/mol. The molecule has 116 valence electrons. The van der Waals surface area contributed by atoms with Gasteiger partial charge in [-0.05, 0) is 44.0 Å². The van der Waals surface area contributed by atoms with Crippen LogP contribution in [0.25, 0.3) is 0 Å². The minimum atomic E-state index is -0.935. The molecule has 1 aromatic rings. The zero-order chi connectivity index (χ0) is 15.4. The maximum absolute atomic E-state index is 10.7. The van der Waals surface area contributed by atoms with Crippen LogP contribution < -0.4 is 5.32 Å². The Morgan fingerprint density at radius 2 is 2.14 bits per heavy atom. The Morgan fingerprint density at radius 1 is 1.27 bits per heavy atom. The fourth-order valence-electron chi connectivity index (χ4n) is 2.68. The summed E-state index contributed by atoms with van der Waals surface area (Å²) in [6.45, 7) is 3.87. The number of allylic oxidation sites excluding steroid dienone is 1. The van der Waals surface area contributed by atoms with Gasteiger partial charge in [-0.1, -0.05) is 18.2 Å². The fraction of sp³-hybridized carbons (Fsp3) is 0.412. The summed E-state index contributed by atoms with van der Waals surface area (Å²) in [6.07, 6.45) is 5.29. The molecule has 1 atom stereocenters. The number of hydrogen-bond acceptors (Lipinski definition) is 5. The smallest absolute Gasteiger partial charge is 0.134 e. The monoisotopic (exact) mass is 299 g/mol. The highest BCUT2D eigenvalue weighted by Gasteiger charge is 2.35. The van der Waals surface area contributed by atoms with Crippen LogP contribution in [0, 0.1) is 6.92 Å². The number of aryl methyl sites for hydroxylation is 1. The molecule has 1 fully saturated rings. The van der Waals surface area contributed by atoms with Gasteiger partial charge in [-0.15, -0.1) is 0 Å². The van der Waals surface area contributed by atoms with Crippen molar-refractivity contribution in [2.45, 2.75) is 25.4 Å². The first-order valence-corrected chi connectivity index (χ1v) is 7.63. The van der Waals surface area contributed by atoms with Crippen molar-refractivity contribution in [2.24, 2.45) is 10.2 Å². The van der Waals surface area contributed by atoms with E-state index in [-0.39, 0.29) is 0 Å². The Morgan fingerprint density at radius 3 is 2.91 bits per heavy atom. The van der Waals surface area contributed by atoms with E-state index in [4.69, 9.17) is 4.74 Å². The minimum Gasteiger partial charge on any atom is -0.491 e. The van der Waals surface area contributed by atoms with E-state index in [0.29, 0.717) is 25.3 Å². The first kappa shape index (κ1) is 14.9. The SMILES string of the molecule is Cc1ccccc1N=NC1=CCOC(C2(O)CCCNC2)=C1. The Balaban J connectivity index is 1.77. The lowest BCUT2D eigenvalue weighted by atomic mass is 9.91. The van der Waals surface area contributed by atoms with Gasteiger partial charge in [-0.2, -0.15) is 10.2 Å². The summed E-state index contributed by atoms with van der Waals surface area (Å²) in [4.78, 5) is 0. The first-order valence-electron chi connectivity index (χ1n) is 7.63. The summed E-state index contributed by atoms with van der Waals surface area (Å²) >= 11 is 0. The Bertz CT molecular complexity index is 629. The van der Waals surface area contributed by atoms with Gasteiger partial charge in [0.2, 0.25) is 0 Å². The zero-order valence-corrected chi connectivity index (χ0v) is 12.7. The molecule has 0 bridgehead atoms. The summed E-state index contributed by atoms with van der Waals surface area (Å²) < 4.78 is 5.62. The van der Waals surface area contributed by atoms with Crippen LogP contribution in [0.4, 0.5) is 5.69 Å². The molecule has 2 aliphatic heterocycles. The molecule has 3 rings (SSSR count). The van der Waals surface area contributed by atoms with Crippen LogP contribution in [-0.4, -0.2) is 30.4 Å². The van der Waals surface area contributed by atoms with E-state index in [1.54, 1.807) is 6.08 Å². The molecule has 0 radical (unpaired) electrons. The van der Waals surface area contributed by atoms with Gasteiger partial charge < -0.3 is 15.2 Å². The molecule has 1 aromatic carbocycles. The van der Waals surface area contributed by atoms with Crippen LogP contribution in [0.1, 0.15) is 18.4 Å². The fourth-order valence-corrected chi connectivity index (χ4v) is 2.68. The summed E-state index contributed by atoms with van der Waals surface area (Å²) in [7, 11) is 0. The maximum Gasteiger partial charge on any atom is 0.134 e. The van der Waals surface area contributed by atoms with Crippen LogP contribution in [0.5, 0.6) is 0 Å². The first-order chi connectivity index (χ1) is 10.7. The second-order valence-electron chi connectivity index (χ2n) is 5.75. The van der Waals surface area contributed by atoms with Crippen molar-refractivity contribution in [2.75, 3.05) is 19.7 Å². The number of azo groups is 1. The molecule has 0 aromatic heterocycles. The van der Waals surface area contributed by atoms with Crippen molar-refractivity contribution in [1.29, 1.82) is 0 Å². The molecule has 2 aliphatic rings. The largest absolute Gasteiger partial charge is 0.491 e. The zero-order valence-electron chi connectivity index (χ0n) is 12.7. The van der Waals surface area contributed by atoms with Gasteiger partial charge in [0, 0.05) is 12.6 Å². The van der Waals surface area contributed by atoms with Crippen LogP contribution in [0.3, 0.4) is 0 Å². The minimum absolute atomic E-state index is 0.413. The number of β-amino-alcohol motifs (C(OH)–C–C–N with tert-alkyl or cyclic N) is 1. The number of nitrogens with zero attached hydrogens (tertiary/aromatic N) is 2. The normalized spacial score (nSPS) is 25.5. The molecular weight excluding hydrogens is 278 g/mol. The number of aliphatic hydroxyl groups is 1. The van der Waals surface area contributed by atoms with Crippen molar-refractivity contribution in [1.82, 2.24) is 5.32 Å². The molecular formula is C17H21N3O2. The summed E-state index contributed by atoms with van der Waals surface area (Å²) in [5, 5.41) is 22.5. The topological polar surface area (TPSA) is 66.2 Å². The molecule has 1 unspecified atom stereocenters. The predicted octanol–water partition coefficient (Wildman–Crippen LogP) is 2.99. The number of ether oxygens (including phenoxy) is 1. The molecule has 0 amide bonds. The van der Waals surface area contributed by atoms with Crippen LogP contribution >= 0.6 is 0 Å². The Labute approximate surface area is 130 Å². The second-order valence-corrected chi connectivity index (χ2v) is 5.75. The lowest BCUT2D eigenvalue weighted by Crippen LogP contribution is -2.47. The van der Waals surface area contributed by atoms with Crippen molar-refractivity contribution in [3.8, 4) is 0 Å².